The van der Waals surface area contributed by atoms with Crippen LogP contribution in [0.5, 0.6) is 0 Å². The van der Waals surface area contributed by atoms with Gasteiger partial charge in [-0.05, 0) is 0 Å². The zero-order valence-corrected chi connectivity index (χ0v) is 7.06. The van der Waals surface area contributed by atoms with Gasteiger partial charge in [0, 0.05) is 19.2 Å². The highest BCUT2D eigenvalue weighted by atomic mass is 16.3. The lowest BCUT2D eigenvalue weighted by molar-refractivity contribution is 0.0770. The van der Waals surface area contributed by atoms with Crippen molar-refractivity contribution in [2.24, 2.45) is 0 Å². The Morgan fingerprint density at radius 1 is 1.46 bits per heavy atom. The topological polar surface area (TPSA) is 59.5 Å². The number of furan rings is 1. The van der Waals surface area contributed by atoms with Crippen LogP contribution in [0, 0.1) is 0 Å². The molecule has 0 unspecified atom stereocenters. The molecule has 0 fully saturated rings. The fourth-order valence-electron chi connectivity index (χ4n) is 1.28. The Kier molecular flexibility index (Phi) is 1.81. The molecule has 1 amide bonds. The van der Waals surface area contributed by atoms with Gasteiger partial charge in [-0.25, -0.2) is 0 Å². The first kappa shape index (κ1) is 7.91. The van der Waals surface area contributed by atoms with Gasteiger partial charge in [0.2, 0.25) is 5.76 Å². The van der Waals surface area contributed by atoms with E-state index in [4.69, 9.17) is 10.2 Å². The Hall–Kier alpha value is -1.71. The number of nitrogens with two attached hydrogens (primary N) is 1. The highest BCUT2D eigenvalue weighted by Crippen LogP contribution is 2.16. The SMILES string of the molecule is Nc1ccoc1C(=O)N1CC=CC1. The van der Waals surface area contributed by atoms with Gasteiger partial charge in [-0.3, -0.25) is 4.79 Å². The van der Waals surface area contributed by atoms with Gasteiger partial charge in [0.1, 0.15) is 0 Å². The van der Waals surface area contributed by atoms with E-state index in [2.05, 4.69) is 0 Å². The van der Waals surface area contributed by atoms with Crippen molar-refractivity contribution in [2.45, 2.75) is 0 Å². The second-order valence-electron chi connectivity index (χ2n) is 2.89. The van der Waals surface area contributed by atoms with Crippen LogP contribution in [-0.2, 0) is 0 Å². The summed E-state index contributed by atoms with van der Waals surface area (Å²) in [6.07, 6.45) is 5.31. The van der Waals surface area contributed by atoms with Gasteiger partial charge in [-0.15, -0.1) is 0 Å². The summed E-state index contributed by atoms with van der Waals surface area (Å²) in [6.45, 7) is 1.28. The first-order valence-electron chi connectivity index (χ1n) is 4.06. The summed E-state index contributed by atoms with van der Waals surface area (Å²) in [6, 6.07) is 1.58. The first-order valence-corrected chi connectivity index (χ1v) is 4.06. The lowest BCUT2D eigenvalue weighted by Crippen LogP contribution is -2.28. The maximum absolute atomic E-state index is 11.6. The van der Waals surface area contributed by atoms with E-state index < -0.39 is 0 Å². The number of anilines is 1. The van der Waals surface area contributed by atoms with E-state index in [0.717, 1.165) is 0 Å². The van der Waals surface area contributed by atoms with Gasteiger partial charge in [0.05, 0.1) is 12.0 Å². The normalized spacial score (nSPS) is 15.2. The van der Waals surface area contributed by atoms with Gasteiger partial charge in [0.15, 0.2) is 0 Å². The van der Waals surface area contributed by atoms with Crippen LogP contribution < -0.4 is 5.73 Å². The minimum Gasteiger partial charge on any atom is -0.457 e. The maximum atomic E-state index is 11.6. The molecule has 0 spiro atoms. The molecule has 2 rings (SSSR count). The van der Waals surface area contributed by atoms with Crippen molar-refractivity contribution in [3.05, 3.63) is 30.2 Å². The monoisotopic (exact) mass is 178 g/mol. The zero-order valence-electron chi connectivity index (χ0n) is 7.06. The smallest absolute Gasteiger partial charge is 0.292 e. The third-order valence-electron chi connectivity index (χ3n) is 2.00. The van der Waals surface area contributed by atoms with Crippen LogP contribution in [0.15, 0.2) is 28.9 Å². The lowest BCUT2D eigenvalue weighted by atomic mass is 10.3. The Balaban J connectivity index is 2.18. The van der Waals surface area contributed by atoms with Gasteiger partial charge in [-0.2, -0.15) is 0 Å². The fourth-order valence-corrected chi connectivity index (χ4v) is 1.28. The Morgan fingerprint density at radius 2 is 2.15 bits per heavy atom. The fraction of sp³-hybridized carbons (Fsp3) is 0.222. The molecule has 0 aromatic carbocycles. The van der Waals surface area contributed by atoms with Crippen molar-refractivity contribution in [1.82, 2.24) is 4.90 Å². The minimum absolute atomic E-state index is 0.146. The van der Waals surface area contributed by atoms with E-state index in [-0.39, 0.29) is 11.7 Å². The van der Waals surface area contributed by atoms with Gasteiger partial charge < -0.3 is 15.1 Å². The van der Waals surface area contributed by atoms with Crippen LogP contribution in [0.2, 0.25) is 0 Å². The molecular formula is C9H10N2O2. The largest absolute Gasteiger partial charge is 0.457 e. The number of rotatable bonds is 1. The van der Waals surface area contributed by atoms with Crippen LogP contribution in [0.25, 0.3) is 0 Å². The van der Waals surface area contributed by atoms with E-state index in [1.807, 2.05) is 12.2 Å². The molecule has 0 saturated carbocycles. The maximum Gasteiger partial charge on any atom is 0.292 e. The molecule has 13 heavy (non-hydrogen) atoms. The summed E-state index contributed by atoms with van der Waals surface area (Å²) in [5.74, 6) is 0.0937. The summed E-state index contributed by atoms with van der Waals surface area (Å²) >= 11 is 0. The van der Waals surface area contributed by atoms with E-state index >= 15 is 0 Å². The second kappa shape index (κ2) is 2.97. The van der Waals surface area contributed by atoms with Crippen LogP contribution in [0.3, 0.4) is 0 Å². The molecule has 1 aliphatic rings. The average Bonchev–Trinajstić information content (AvgIpc) is 2.72. The number of hydrogen-bond donors (Lipinski definition) is 1. The third kappa shape index (κ3) is 1.30. The molecule has 4 heteroatoms. The number of carbonyl (C=O) groups is 1. The molecular weight excluding hydrogens is 168 g/mol. The predicted molar refractivity (Wildman–Crippen MR) is 48.2 cm³/mol. The lowest BCUT2D eigenvalue weighted by Gasteiger charge is -2.13. The molecule has 2 heterocycles. The molecule has 0 atom stereocenters. The van der Waals surface area contributed by atoms with Crippen molar-refractivity contribution < 1.29 is 9.21 Å². The highest BCUT2D eigenvalue weighted by Gasteiger charge is 2.20. The van der Waals surface area contributed by atoms with Gasteiger partial charge >= 0.3 is 0 Å². The molecule has 0 bridgehead atoms. The van der Waals surface area contributed by atoms with Crippen molar-refractivity contribution in [3.63, 3.8) is 0 Å². The zero-order chi connectivity index (χ0) is 9.26. The predicted octanol–water partition coefficient (Wildman–Crippen LogP) is 0.874. The molecule has 2 N–H and O–H groups in total. The number of nitrogen functional groups attached to an aromatic ring is 1. The Bertz CT molecular complexity index is 346. The van der Waals surface area contributed by atoms with Crippen molar-refractivity contribution in [2.75, 3.05) is 18.8 Å². The first-order chi connectivity index (χ1) is 6.29. The third-order valence-corrected chi connectivity index (χ3v) is 2.00. The molecule has 68 valence electrons. The van der Waals surface area contributed by atoms with Crippen molar-refractivity contribution >= 4 is 11.6 Å². The van der Waals surface area contributed by atoms with Crippen LogP contribution in [0.1, 0.15) is 10.6 Å². The number of hydrogen-bond acceptors (Lipinski definition) is 3. The number of nitrogens with zero attached hydrogens (tertiary/aromatic N) is 1. The van der Waals surface area contributed by atoms with E-state index in [1.54, 1.807) is 11.0 Å². The quantitative estimate of drug-likeness (QED) is 0.649. The van der Waals surface area contributed by atoms with Crippen LogP contribution in [-0.4, -0.2) is 23.9 Å². The Labute approximate surface area is 75.6 Å². The molecule has 1 aliphatic heterocycles. The summed E-state index contributed by atoms with van der Waals surface area (Å²) < 4.78 is 4.99. The molecule has 1 aromatic rings. The molecule has 1 aromatic heterocycles. The molecule has 4 nitrogen and oxygen atoms in total. The van der Waals surface area contributed by atoms with Crippen molar-refractivity contribution in [3.8, 4) is 0 Å². The summed E-state index contributed by atoms with van der Waals surface area (Å²) in [7, 11) is 0. The summed E-state index contributed by atoms with van der Waals surface area (Å²) in [4.78, 5) is 13.3. The molecule has 0 saturated heterocycles. The second-order valence-corrected chi connectivity index (χ2v) is 2.89. The van der Waals surface area contributed by atoms with Crippen molar-refractivity contribution in [1.29, 1.82) is 0 Å². The molecule has 0 radical (unpaired) electrons. The molecule has 0 aliphatic carbocycles. The van der Waals surface area contributed by atoms with Crippen LogP contribution >= 0.6 is 0 Å². The van der Waals surface area contributed by atoms with Crippen LogP contribution in [0.4, 0.5) is 5.69 Å². The minimum atomic E-state index is -0.146. The standard InChI is InChI=1S/C9H10N2O2/c10-7-3-6-13-8(7)9(12)11-4-1-2-5-11/h1-3,6H,4-5,10H2. The van der Waals surface area contributed by atoms with E-state index in [1.165, 1.54) is 6.26 Å². The van der Waals surface area contributed by atoms with Gasteiger partial charge in [0.25, 0.3) is 5.91 Å². The van der Waals surface area contributed by atoms with E-state index in [9.17, 15) is 4.79 Å². The van der Waals surface area contributed by atoms with Gasteiger partial charge in [-0.1, -0.05) is 12.2 Å². The average molecular weight is 178 g/mol. The number of carbonyl (C=O) groups excluding carboxylic acids is 1. The summed E-state index contributed by atoms with van der Waals surface area (Å²) in [5, 5.41) is 0. The Morgan fingerprint density at radius 3 is 2.69 bits per heavy atom. The van der Waals surface area contributed by atoms with E-state index in [0.29, 0.717) is 18.8 Å². The highest BCUT2D eigenvalue weighted by molar-refractivity contribution is 5.96. The number of amides is 1. The summed E-state index contributed by atoms with van der Waals surface area (Å²) in [5.41, 5.74) is 5.95.